The Hall–Kier alpha value is -2.18. The van der Waals surface area contributed by atoms with Gasteiger partial charge in [0.25, 0.3) is 5.91 Å². The van der Waals surface area contributed by atoms with Gasteiger partial charge in [0.2, 0.25) is 5.91 Å². The Kier molecular flexibility index (Phi) is 6.73. The fraction of sp³-hybridized carbons (Fsp3) is 0.368. The molecule has 6 heteroatoms. The van der Waals surface area contributed by atoms with Gasteiger partial charge in [0.05, 0.1) is 13.6 Å². The first-order chi connectivity index (χ1) is 11.9. The third-order valence-electron chi connectivity index (χ3n) is 4.36. The van der Waals surface area contributed by atoms with E-state index in [1.165, 1.54) is 5.56 Å². The third-order valence-corrected chi connectivity index (χ3v) is 5.10. The van der Waals surface area contributed by atoms with E-state index in [-0.39, 0.29) is 24.4 Å². The molecule has 0 aliphatic heterocycles. The summed E-state index contributed by atoms with van der Waals surface area (Å²) in [5, 5.41) is 9.73. The second-order valence-electron chi connectivity index (χ2n) is 6.41. The highest BCUT2D eigenvalue weighted by Gasteiger charge is 2.22. The maximum Gasteiger partial charge on any atom is 0.278 e. The monoisotopic (exact) mass is 360 g/mol. The fourth-order valence-corrected chi connectivity index (χ4v) is 3.28. The van der Waals surface area contributed by atoms with Crippen molar-refractivity contribution in [3.63, 3.8) is 0 Å². The number of anilines is 1. The SMILES string of the molecule is Cc1cccc(C)c1NC(=O)CNC(=O)[C@@H](C)[NH+](C)Cc1ccsc1. The van der Waals surface area contributed by atoms with E-state index in [9.17, 15) is 9.59 Å². The van der Waals surface area contributed by atoms with E-state index in [4.69, 9.17) is 0 Å². The number of carbonyl (C=O) groups excluding carboxylic acids is 2. The van der Waals surface area contributed by atoms with Crippen LogP contribution in [0.2, 0.25) is 0 Å². The van der Waals surface area contributed by atoms with Gasteiger partial charge in [-0.15, -0.1) is 0 Å². The van der Waals surface area contributed by atoms with E-state index in [1.54, 1.807) is 11.3 Å². The van der Waals surface area contributed by atoms with Crippen molar-refractivity contribution in [3.05, 3.63) is 51.7 Å². The molecule has 0 fully saturated rings. The summed E-state index contributed by atoms with van der Waals surface area (Å²) < 4.78 is 0. The maximum atomic E-state index is 12.3. The Bertz CT molecular complexity index is 708. The normalized spacial score (nSPS) is 13.1. The Morgan fingerprint density at radius 3 is 2.48 bits per heavy atom. The molecule has 2 amide bonds. The van der Waals surface area contributed by atoms with Gasteiger partial charge in [-0.3, -0.25) is 9.59 Å². The van der Waals surface area contributed by atoms with Gasteiger partial charge in [-0.2, -0.15) is 11.3 Å². The van der Waals surface area contributed by atoms with Crippen LogP contribution in [0.1, 0.15) is 23.6 Å². The number of thiophene rings is 1. The third kappa shape index (κ3) is 5.41. The van der Waals surface area contributed by atoms with Crippen LogP contribution in [-0.2, 0) is 16.1 Å². The number of benzene rings is 1. The number of amides is 2. The van der Waals surface area contributed by atoms with Gasteiger partial charge in [0, 0.05) is 11.3 Å². The highest BCUT2D eigenvalue weighted by molar-refractivity contribution is 7.07. The summed E-state index contributed by atoms with van der Waals surface area (Å²) >= 11 is 1.65. The number of nitrogens with one attached hydrogen (secondary N) is 3. The molecular weight excluding hydrogens is 334 g/mol. The fourth-order valence-electron chi connectivity index (χ4n) is 2.61. The van der Waals surface area contributed by atoms with Gasteiger partial charge < -0.3 is 15.5 Å². The van der Waals surface area contributed by atoms with Crippen molar-refractivity contribution in [2.75, 3.05) is 18.9 Å². The largest absolute Gasteiger partial charge is 0.342 e. The van der Waals surface area contributed by atoms with Gasteiger partial charge in [-0.05, 0) is 48.7 Å². The number of aryl methyl sites for hydroxylation is 2. The van der Waals surface area contributed by atoms with Gasteiger partial charge in [-0.1, -0.05) is 18.2 Å². The number of carbonyl (C=O) groups is 2. The minimum atomic E-state index is -0.229. The van der Waals surface area contributed by atoms with Crippen LogP contribution in [-0.4, -0.2) is 31.4 Å². The number of rotatable bonds is 7. The number of likely N-dealkylation sites (N-methyl/N-ethyl adjacent to an activating group) is 1. The lowest BCUT2D eigenvalue weighted by Gasteiger charge is -2.20. The molecule has 1 aromatic heterocycles. The van der Waals surface area contributed by atoms with Crippen molar-refractivity contribution >= 4 is 28.8 Å². The zero-order chi connectivity index (χ0) is 18.4. The summed E-state index contributed by atoms with van der Waals surface area (Å²) in [5.41, 5.74) is 4.05. The van der Waals surface area contributed by atoms with Crippen LogP contribution in [0.4, 0.5) is 5.69 Å². The van der Waals surface area contributed by atoms with Gasteiger partial charge in [0.1, 0.15) is 6.54 Å². The zero-order valence-electron chi connectivity index (χ0n) is 15.2. The first kappa shape index (κ1) is 19.1. The zero-order valence-corrected chi connectivity index (χ0v) is 16.0. The smallest absolute Gasteiger partial charge is 0.278 e. The topological polar surface area (TPSA) is 62.6 Å². The van der Waals surface area contributed by atoms with Crippen LogP contribution in [0.25, 0.3) is 0 Å². The highest BCUT2D eigenvalue weighted by atomic mass is 32.1. The lowest BCUT2D eigenvalue weighted by Crippen LogP contribution is -3.12. The molecule has 1 aromatic carbocycles. The predicted octanol–water partition coefficient (Wildman–Crippen LogP) is 1.52. The minimum absolute atomic E-state index is 0.0251. The van der Waals surface area contributed by atoms with Gasteiger partial charge in [0.15, 0.2) is 6.04 Å². The molecule has 0 aliphatic rings. The van der Waals surface area contributed by atoms with E-state index in [1.807, 2.05) is 51.4 Å². The van der Waals surface area contributed by atoms with Crippen LogP contribution >= 0.6 is 11.3 Å². The molecule has 2 aromatic rings. The van der Waals surface area contributed by atoms with Crippen molar-refractivity contribution in [1.82, 2.24) is 5.32 Å². The Morgan fingerprint density at radius 2 is 1.88 bits per heavy atom. The minimum Gasteiger partial charge on any atom is -0.342 e. The Labute approximate surface area is 153 Å². The molecule has 2 atom stereocenters. The molecule has 0 spiro atoms. The lowest BCUT2D eigenvalue weighted by molar-refractivity contribution is -0.908. The van der Waals surface area contributed by atoms with Crippen molar-refractivity contribution in [1.29, 1.82) is 0 Å². The van der Waals surface area contributed by atoms with Crippen molar-refractivity contribution < 1.29 is 14.5 Å². The van der Waals surface area contributed by atoms with Crippen LogP contribution in [0.15, 0.2) is 35.0 Å². The molecule has 2 rings (SSSR count). The van der Waals surface area contributed by atoms with Gasteiger partial charge in [-0.25, -0.2) is 0 Å². The van der Waals surface area contributed by atoms with Crippen LogP contribution in [0, 0.1) is 13.8 Å². The molecule has 0 radical (unpaired) electrons. The number of para-hydroxylation sites is 1. The highest BCUT2D eigenvalue weighted by Crippen LogP contribution is 2.18. The van der Waals surface area contributed by atoms with Crippen LogP contribution < -0.4 is 15.5 Å². The average molecular weight is 361 g/mol. The molecule has 25 heavy (non-hydrogen) atoms. The second kappa shape index (κ2) is 8.78. The predicted molar refractivity (Wildman–Crippen MR) is 102 cm³/mol. The standard InChI is InChI=1S/C19H25N3O2S/c1-13-6-5-7-14(2)18(13)21-17(23)10-20-19(24)15(3)22(4)11-16-8-9-25-12-16/h5-9,12,15H,10-11H2,1-4H3,(H,20,24)(H,21,23)/p+1/t15-/m1/s1. The van der Waals surface area contributed by atoms with Crippen LogP contribution in [0.5, 0.6) is 0 Å². The van der Waals surface area contributed by atoms with Crippen molar-refractivity contribution in [2.24, 2.45) is 0 Å². The summed E-state index contributed by atoms with van der Waals surface area (Å²) in [6, 6.07) is 7.69. The molecule has 0 saturated carbocycles. The lowest BCUT2D eigenvalue weighted by atomic mass is 10.1. The molecule has 1 unspecified atom stereocenters. The summed E-state index contributed by atoms with van der Waals surface area (Å²) in [7, 11) is 1.98. The number of hydrogen-bond acceptors (Lipinski definition) is 3. The van der Waals surface area contributed by atoms with E-state index in [0.717, 1.165) is 28.3 Å². The second-order valence-corrected chi connectivity index (χ2v) is 7.19. The molecule has 1 heterocycles. The molecule has 0 saturated heterocycles. The molecule has 0 bridgehead atoms. The number of quaternary nitrogens is 1. The Balaban J connectivity index is 1.83. The molecule has 134 valence electrons. The van der Waals surface area contributed by atoms with Crippen molar-refractivity contribution in [2.45, 2.75) is 33.4 Å². The van der Waals surface area contributed by atoms with Crippen molar-refractivity contribution in [3.8, 4) is 0 Å². The molecule has 3 N–H and O–H groups in total. The summed E-state index contributed by atoms with van der Waals surface area (Å²) in [4.78, 5) is 25.5. The quantitative estimate of drug-likeness (QED) is 0.701. The first-order valence-electron chi connectivity index (χ1n) is 8.35. The molecular formula is C19H26N3O2S+. The summed E-state index contributed by atoms with van der Waals surface area (Å²) in [6.07, 6.45) is 0. The van der Waals surface area contributed by atoms with E-state index in [0.29, 0.717) is 0 Å². The average Bonchev–Trinajstić information content (AvgIpc) is 3.08. The van der Waals surface area contributed by atoms with E-state index in [2.05, 4.69) is 22.1 Å². The van der Waals surface area contributed by atoms with E-state index >= 15 is 0 Å². The molecule has 5 nitrogen and oxygen atoms in total. The maximum absolute atomic E-state index is 12.3. The molecule has 0 aliphatic carbocycles. The van der Waals surface area contributed by atoms with E-state index < -0.39 is 0 Å². The van der Waals surface area contributed by atoms with Gasteiger partial charge >= 0.3 is 0 Å². The Morgan fingerprint density at radius 1 is 1.20 bits per heavy atom. The summed E-state index contributed by atoms with van der Waals surface area (Å²) in [6.45, 7) is 6.54. The number of hydrogen-bond donors (Lipinski definition) is 3. The summed E-state index contributed by atoms with van der Waals surface area (Å²) in [5.74, 6) is -0.335. The first-order valence-corrected chi connectivity index (χ1v) is 9.30. The van der Waals surface area contributed by atoms with Crippen LogP contribution in [0.3, 0.4) is 0 Å².